The largest absolute Gasteiger partial charge is 0.297 e. The van der Waals surface area contributed by atoms with Gasteiger partial charge >= 0.3 is 0 Å². The number of hydrogen-bond donors (Lipinski definition) is 0. The highest BCUT2D eigenvalue weighted by atomic mass is 15.3. The van der Waals surface area contributed by atoms with Gasteiger partial charge < -0.3 is 0 Å². The number of nitrogens with zero attached hydrogens (tertiary/aromatic N) is 1. The van der Waals surface area contributed by atoms with E-state index in [1.165, 1.54) is 13.0 Å². The summed E-state index contributed by atoms with van der Waals surface area (Å²) in [6.07, 6.45) is 1.44. The Kier molecular flexibility index (Phi) is 1.39. The zero-order valence-corrected chi connectivity index (χ0v) is 8.09. The van der Waals surface area contributed by atoms with Crippen molar-refractivity contribution in [1.29, 1.82) is 0 Å². The molecule has 2 atom stereocenters. The molecule has 2 fully saturated rings. The van der Waals surface area contributed by atoms with Crippen molar-refractivity contribution in [3.63, 3.8) is 0 Å². The third-order valence-electron chi connectivity index (χ3n) is 3.71. The number of hydrogen-bond acceptors (Lipinski definition) is 1. The molecule has 1 heterocycles. The Morgan fingerprint density at radius 2 is 2.00 bits per heavy atom. The first-order valence-corrected chi connectivity index (χ1v) is 4.81. The zero-order chi connectivity index (χ0) is 8.22. The van der Waals surface area contributed by atoms with Crippen LogP contribution in [0.2, 0.25) is 0 Å². The topological polar surface area (TPSA) is 3.24 Å². The van der Waals surface area contributed by atoms with Crippen LogP contribution in [0.3, 0.4) is 0 Å². The average molecular weight is 153 g/mol. The molecule has 0 bridgehead atoms. The van der Waals surface area contributed by atoms with Gasteiger partial charge in [-0.15, -0.1) is 0 Å². The minimum atomic E-state index is 0.641. The second kappa shape index (κ2) is 2.01. The van der Waals surface area contributed by atoms with Crippen LogP contribution in [-0.2, 0) is 0 Å². The molecular formula is C10H19N. The van der Waals surface area contributed by atoms with Crippen molar-refractivity contribution >= 4 is 0 Å². The highest BCUT2D eigenvalue weighted by molar-refractivity contribution is 5.15. The number of piperidine rings is 1. The first-order chi connectivity index (χ1) is 5.05. The van der Waals surface area contributed by atoms with Gasteiger partial charge in [0.1, 0.15) is 0 Å². The van der Waals surface area contributed by atoms with Crippen LogP contribution in [-0.4, -0.2) is 23.5 Å². The molecule has 1 saturated carbocycles. The van der Waals surface area contributed by atoms with Crippen LogP contribution in [0.15, 0.2) is 0 Å². The van der Waals surface area contributed by atoms with E-state index in [1.54, 1.807) is 0 Å². The van der Waals surface area contributed by atoms with Crippen LogP contribution in [0.25, 0.3) is 0 Å². The van der Waals surface area contributed by atoms with Crippen molar-refractivity contribution in [2.45, 2.75) is 46.2 Å². The van der Waals surface area contributed by atoms with E-state index in [0.717, 1.165) is 18.0 Å². The van der Waals surface area contributed by atoms with Crippen LogP contribution in [0, 0.1) is 11.3 Å². The molecule has 2 unspecified atom stereocenters. The molecule has 0 radical (unpaired) electrons. The lowest BCUT2D eigenvalue weighted by atomic mass is 10.1. The maximum Gasteiger partial charge on any atom is 0.0187 e. The Morgan fingerprint density at radius 3 is 2.27 bits per heavy atom. The van der Waals surface area contributed by atoms with Crippen molar-refractivity contribution in [3.05, 3.63) is 0 Å². The summed E-state index contributed by atoms with van der Waals surface area (Å²) in [5, 5.41) is 0. The Labute approximate surface area is 69.8 Å². The molecule has 11 heavy (non-hydrogen) atoms. The molecule has 2 rings (SSSR count). The van der Waals surface area contributed by atoms with Crippen molar-refractivity contribution in [1.82, 2.24) is 4.90 Å². The molecule has 0 amide bonds. The van der Waals surface area contributed by atoms with E-state index in [1.807, 2.05) is 0 Å². The fourth-order valence-electron chi connectivity index (χ4n) is 2.91. The Hall–Kier alpha value is -0.0400. The van der Waals surface area contributed by atoms with E-state index in [0.29, 0.717) is 5.41 Å². The van der Waals surface area contributed by atoms with Gasteiger partial charge in [0.2, 0.25) is 0 Å². The molecular weight excluding hydrogens is 134 g/mol. The minimum Gasteiger partial charge on any atom is -0.297 e. The van der Waals surface area contributed by atoms with Gasteiger partial charge in [0.25, 0.3) is 0 Å². The Bertz CT molecular complexity index is 172. The highest BCUT2D eigenvalue weighted by Crippen LogP contribution is 2.60. The summed E-state index contributed by atoms with van der Waals surface area (Å²) < 4.78 is 0. The molecule has 0 aromatic rings. The average Bonchev–Trinajstić information content (AvgIpc) is 2.34. The summed E-state index contributed by atoms with van der Waals surface area (Å²) in [5.74, 6) is 1.02. The van der Waals surface area contributed by atoms with Crippen LogP contribution in [0.1, 0.15) is 34.1 Å². The Balaban J connectivity index is 2.08. The lowest BCUT2D eigenvalue weighted by molar-refractivity contribution is 0.204. The monoisotopic (exact) mass is 153 g/mol. The molecule has 0 aromatic heterocycles. The van der Waals surface area contributed by atoms with Gasteiger partial charge in [-0.1, -0.05) is 13.8 Å². The van der Waals surface area contributed by atoms with E-state index in [-0.39, 0.29) is 0 Å². The molecule has 64 valence electrons. The molecule has 1 saturated heterocycles. The smallest absolute Gasteiger partial charge is 0.0187 e. The molecule has 1 aliphatic carbocycles. The number of rotatable bonds is 1. The van der Waals surface area contributed by atoms with Crippen molar-refractivity contribution in [3.8, 4) is 0 Å². The predicted molar refractivity (Wildman–Crippen MR) is 47.5 cm³/mol. The summed E-state index contributed by atoms with van der Waals surface area (Å²) in [6.45, 7) is 10.8. The first kappa shape index (κ1) is 7.60. The van der Waals surface area contributed by atoms with Gasteiger partial charge in [-0.3, -0.25) is 4.90 Å². The molecule has 1 nitrogen and oxygen atoms in total. The summed E-state index contributed by atoms with van der Waals surface area (Å²) in [7, 11) is 0. The number of fused-ring (bicyclic) bond motifs is 1. The van der Waals surface area contributed by atoms with Crippen LogP contribution in [0.4, 0.5) is 0 Å². The van der Waals surface area contributed by atoms with Crippen LogP contribution in [0.5, 0.6) is 0 Å². The maximum absolute atomic E-state index is 2.67. The fourth-order valence-corrected chi connectivity index (χ4v) is 2.91. The minimum absolute atomic E-state index is 0.641. The molecule has 0 N–H and O–H groups in total. The predicted octanol–water partition coefficient (Wildman–Crippen LogP) is 2.13. The zero-order valence-electron chi connectivity index (χ0n) is 8.09. The summed E-state index contributed by atoms with van der Waals surface area (Å²) >= 11 is 0. The van der Waals surface area contributed by atoms with Gasteiger partial charge in [-0.25, -0.2) is 0 Å². The summed E-state index contributed by atoms with van der Waals surface area (Å²) in [5.41, 5.74) is 0.641. The summed E-state index contributed by atoms with van der Waals surface area (Å²) in [6, 6.07) is 1.68. The Morgan fingerprint density at radius 1 is 1.36 bits per heavy atom. The van der Waals surface area contributed by atoms with Gasteiger partial charge in [-0.05, 0) is 38.1 Å². The molecule has 2 aliphatic rings. The number of likely N-dealkylation sites (tertiary alicyclic amines) is 1. The second-order valence-electron chi connectivity index (χ2n) is 4.99. The quantitative estimate of drug-likeness (QED) is 0.558. The first-order valence-electron chi connectivity index (χ1n) is 4.81. The lowest BCUT2D eigenvalue weighted by Crippen LogP contribution is -2.33. The van der Waals surface area contributed by atoms with E-state index >= 15 is 0 Å². The van der Waals surface area contributed by atoms with Crippen molar-refractivity contribution < 1.29 is 0 Å². The lowest BCUT2D eigenvalue weighted by Gasteiger charge is -2.25. The van der Waals surface area contributed by atoms with Gasteiger partial charge in [-0.2, -0.15) is 0 Å². The maximum atomic E-state index is 2.67. The second-order valence-corrected chi connectivity index (χ2v) is 4.99. The van der Waals surface area contributed by atoms with Gasteiger partial charge in [0, 0.05) is 12.1 Å². The fraction of sp³-hybridized carbons (Fsp3) is 1.00. The van der Waals surface area contributed by atoms with E-state index in [4.69, 9.17) is 0 Å². The van der Waals surface area contributed by atoms with Gasteiger partial charge in [0.05, 0.1) is 0 Å². The van der Waals surface area contributed by atoms with Gasteiger partial charge in [0.15, 0.2) is 0 Å². The molecule has 0 aromatic carbocycles. The van der Waals surface area contributed by atoms with Crippen molar-refractivity contribution in [2.75, 3.05) is 6.54 Å². The van der Waals surface area contributed by atoms with Crippen LogP contribution < -0.4 is 0 Å². The van der Waals surface area contributed by atoms with Crippen molar-refractivity contribution in [2.24, 2.45) is 11.3 Å². The highest BCUT2D eigenvalue weighted by Gasteiger charge is 2.63. The SMILES string of the molecule is CC(C)N1CCC2C1C2(C)C. The molecule has 1 heteroatoms. The van der Waals surface area contributed by atoms with E-state index < -0.39 is 0 Å². The standard InChI is InChI=1S/C10H19N/c1-7(2)11-6-5-8-9(11)10(8,3)4/h7-9H,5-6H2,1-4H3. The third kappa shape index (κ3) is 0.868. The summed E-state index contributed by atoms with van der Waals surface area (Å²) in [4.78, 5) is 2.67. The van der Waals surface area contributed by atoms with Crippen LogP contribution >= 0.6 is 0 Å². The third-order valence-corrected chi connectivity index (χ3v) is 3.71. The molecule has 1 aliphatic heterocycles. The normalized spacial score (nSPS) is 41.2. The van der Waals surface area contributed by atoms with E-state index in [2.05, 4.69) is 32.6 Å². The van der Waals surface area contributed by atoms with E-state index in [9.17, 15) is 0 Å². The molecule has 0 spiro atoms.